The molecule has 3 heteroatoms. The van der Waals surface area contributed by atoms with Crippen molar-refractivity contribution in [2.24, 2.45) is 7.05 Å². The Morgan fingerprint density at radius 2 is 1.79 bits per heavy atom. The molecule has 0 N–H and O–H groups in total. The molecule has 2 aromatic heterocycles. The van der Waals surface area contributed by atoms with Gasteiger partial charge in [-0.05, 0) is 42.5 Å². The average molecular weight is 370 g/mol. The van der Waals surface area contributed by atoms with E-state index < -0.39 is 5.89 Å². The molecule has 4 aromatic rings. The summed E-state index contributed by atoms with van der Waals surface area (Å²) in [5.41, 5.74) is 8.40. The molecule has 4 rings (SSSR count). The molecule has 3 nitrogen and oxygen atoms in total. The molecule has 0 unspecified atom stereocenters. The van der Waals surface area contributed by atoms with Gasteiger partial charge >= 0.3 is 0 Å². The second kappa shape index (κ2) is 6.49. The zero-order chi connectivity index (χ0) is 21.1. The number of hydrogen-bond donors (Lipinski definition) is 0. The van der Waals surface area contributed by atoms with Gasteiger partial charge in [0, 0.05) is 31.2 Å². The van der Waals surface area contributed by atoms with Gasteiger partial charge in [-0.25, -0.2) is 4.85 Å². The predicted molar refractivity (Wildman–Crippen MR) is 115 cm³/mol. The van der Waals surface area contributed by atoms with Crippen molar-refractivity contribution >= 4 is 27.6 Å². The maximum absolute atomic E-state index is 8.51. The minimum Gasteiger partial charge on any atom is -0.456 e. The van der Waals surface area contributed by atoms with E-state index in [0.717, 1.165) is 55.6 Å². The van der Waals surface area contributed by atoms with E-state index in [2.05, 4.69) is 47.5 Å². The van der Waals surface area contributed by atoms with Crippen molar-refractivity contribution in [3.8, 4) is 11.3 Å². The minimum atomic E-state index is -0.689. The highest BCUT2D eigenvalue weighted by atomic mass is 16.3. The summed E-state index contributed by atoms with van der Waals surface area (Å²) >= 11 is 0. The van der Waals surface area contributed by atoms with Crippen LogP contribution in [0.15, 0.2) is 40.8 Å². The Kier molecular flexibility index (Phi) is 3.94. The molecule has 28 heavy (non-hydrogen) atoms. The Labute approximate surface area is 167 Å². The van der Waals surface area contributed by atoms with Crippen LogP contribution in [-0.2, 0) is 7.05 Å². The molecule has 0 aliphatic rings. The van der Waals surface area contributed by atoms with Gasteiger partial charge in [0.2, 0.25) is 5.69 Å². The summed E-state index contributed by atoms with van der Waals surface area (Å²) in [7, 11) is 2.05. The van der Waals surface area contributed by atoms with Gasteiger partial charge < -0.3 is 4.42 Å². The van der Waals surface area contributed by atoms with Crippen LogP contribution in [0.5, 0.6) is 0 Å². The molecule has 0 bridgehead atoms. The van der Waals surface area contributed by atoms with Crippen molar-refractivity contribution in [1.82, 2.24) is 0 Å². The van der Waals surface area contributed by atoms with E-state index in [0.29, 0.717) is 5.69 Å². The van der Waals surface area contributed by atoms with E-state index in [9.17, 15) is 0 Å². The topological polar surface area (TPSA) is 21.4 Å². The average Bonchev–Trinajstić information content (AvgIpc) is 3.00. The van der Waals surface area contributed by atoms with Crippen molar-refractivity contribution in [3.05, 3.63) is 70.2 Å². The zero-order valence-corrected chi connectivity index (χ0v) is 17.3. The molecule has 0 spiro atoms. The van der Waals surface area contributed by atoms with Crippen LogP contribution in [-0.4, -0.2) is 0 Å². The van der Waals surface area contributed by atoms with Gasteiger partial charge in [0.15, 0.2) is 11.4 Å². The second-order valence-electron chi connectivity index (χ2n) is 7.81. The molecule has 2 aromatic carbocycles. The first-order valence-corrected chi connectivity index (χ1v) is 9.47. The van der Waals surface area contributed by atoms with E-state index in [-0.39, 0.29) is 0 Å². The monoisotopic (exact) mass is 370 g/mol. The predicted octanol–water partition coefficient (Wildman–Crippen LogP) is 6.68. The van der Waals surface area contributed by atoms with Gasteiger partial charge in [-0.15, -0.1) is 0 Å². The lowest BCUT2D eigenvalue weighted by Crippen LogP contribution is -2.35. The van der Waals surface area contributed by atoms with Crippen LogP contribution in [0.4, 0.5) is 5.69 Å². The van der Waals surface area contributed by atoms with E-state index >= 15 is 0 Å². The lowest BCUT2D eigenvalue weighted by molar-refractivity contribution is -0.666. The molecule has 0 radical (unpaired) electrons. The quantitative estimate of drug-likeness (QED) is 0.285. The first-order valence-electron chi connectivity index (χ1n) is 9.97. The number of fused-ring (bicyclic) bond motifs is 3. The van der Waals surface area contributed by atoms with Crippen molar-refractivity contribution < 1.29 is 10.4 Å². The molecule has 0 aliphatic carbocycles. The Hall–Kier alpha value is -3.12. The molecule has 2 heterocycles. The first kappa shape index (κ1) is 17.0. The molecule has 0 atom stereocenters. The third kappa shape index (κ3) is 2.68. The molecule has 0 aliphatic heterocycles. The Bertz CT molecular complexity index is 1330. The fraction of sp³-hybridized carbons (Fsp3) is 0.280. The smallest absolute Gasteiger partial charge is 0.216 e. The Balaban J connectivity index is 2.12. The summed E-state index contributed by atoms with van der Waals surface area (Å²) in [5, 5.41) is 2.08. The van der Waals surface area contributed by atoms with Crippen molar-refractivity contribution in [1.29, 1.82) is 0 Å². The normalized spacial score (nSPS) is 12.4. The van der Waals surface area contributed by atoms with Crippen LogP contribution in [0.1, 0.15) is 43.5 Å². The molecule has 0 amide bonds. The van der Waals surface area contributed by atoms with E-state index in [1.54, 1.807) is 0 Å². The number of aromatic nitrogens is 1. The van der Waals surface area contributed by atoms with Crippen molar-refractivity contribution in [2.45, 2.75) is 40.5 Å². The molecular formula is C25H25N2O+. The number of aryl methyl sites for hydroxylation is 3. The van der Waals surface area contributed by atoms with Gasteiger partial charge in [0.1, 0.15) is 18.2 Å². The van der Waals surface area contributed by atoms with Crippen LogP contribution in [0.3, 0.4) is 0 Å². The SMILES string of the molecule is [2H]C(C)(C)c1cc(C)[n+](C)c(-c2c(C)ccc3c2oc2cc([N+]#[C-])c(C)cc23)c1. The van der Waals surface area contributed by atoms with Crippen LogP contribution in [0.25, 0.3) is 38.0 Å². The Morgan fingerprint density at radius 1 is 1.04 bits per heavy atom. The highest BCUT2D eigenvalue weighted by Gasteiger charge is 2.23. The third-order valence-electron chi connectivity index (χ3n) is 5.67. The van der Waals surface area contributed by atoms with Gasteiger partial charge in [0.05, 0.1) is 12.1 Å². The maximum Gasteiger partial charge on any atom is 0.216 e. The molecule has 0 saturated carbocycles. The molecule has 0 fully saturated rings. The standard InChI is InChI=1S/C25H25N2O/c1-14(2)18-11-17(5)27(7)22(12-18)24-15(3)8-9-19-20-10-16(4)21(26-6)13-23(20)28-25(19)24/h8-14H,1-5,7H3/q+1/i14D. The number of hydrogen-bond acceptors (Lipinski definition) is 1. The van der Waals surface area contributed by atoms with Crippen molar-refractivity contribution in [3.63, 3.8) is 0 Å². The van der Waals surface area contributed by atoms with Gasteiger partial charge in [-0.1, -0.05) is 32.0 Å². The zero-order valence-electron chi connectivity index (χ0n) is 18.3. The molecular weight excluding hydrogens is 344 g/mol. The summed E-state index contributed by atoms with van der Waals surface area (Å²) in [5.74, 6) is -0.689. The number of furan rings is 1. The fourth-order valence-corrected chi connectivity index (χ4v) is 3.85. The summed E-state index contributed by atoms with van der Waals surface area (Å²) in [4.78, 5) is 3.62. The first-order chi connectivity index (χ1) is 13.6. The highest BCUT2D eigenvalue weighted by Crippen LogP contribution is 2.39. The Morgan fingerprint density at radius 3 is 2.46 bits per heavy atom. The van der Waals surface area contributed by atoms with Crippen LogP contribution in [0, 0.1) is 27.3 Å². The van der Waals surface area contributed by atoms with Crippen LogP contribution in [0.2, 0.25) is 0 Å². The minimum absolute atomic E-state index is 0.620. The molecule has 140 valence electrons. The summed E-state index contributed by atoms with van der Waals surface area (Å²) in [6, 6.07) is 12.3. The summed E-state index contributed by atoms with van der Waals surface area (Å²) in [6.07, 6.45) is 0. The maximum atomic E-state index is 8.51. The third-order valence-corrected chi connectivity index (χ3v) is 5.67. The van der Waals surface area contributed by atoms with Crippen LogP contribution >= 0.6 is 0 Å². The van der Waals surface area contributed by atoms with E-state index in [1.165, 1.54) is 0 Å². The van der Waals surface area contributed by atoms with Gasteiger partial charge in [0.25, 0.3) is 0 Å². The highest BCUT2D eigenvalue weighted by molar-refractivity contribution is 6.10. The molecule has 0 saturated heterocycles. The largest absolute Gasteiger partial charge is 0.456 e. The number of pyridine rings is 1. The van der Waals surface area contributed by atoms with E-state index in [4.69, 9.17) is 12.4 Å². The van der Waals surface area contributed by atoms with Gasteiger partial charge in [-0.3, -0.25) is 0 Å². The van der Waals surface area contributed by atoms with Gasteiger partial charge in [-0.2, -0.15) is 4.57 Å². The summed E-state index contributed by atoms with van der Waals surface area (Å²) in [6.45, 7) is 17.3. The number of rotatable bonds is 2. The fourth-order valence-electron chi connectivity index (χ4n) is 3.85. The van der Waals surface area contributed by atoms with Crippen molar-refractivity contribution in [2.75, 3.05) is 0 Å². The number of benzene rings is 2. The number of nitrogens with zero attached hydrogens (tertiary/aromatic N) is 2. The van der Waals surface area contributed by atoms with E-state index in [1.807, 2.05) is 40.0 Å². The summed E-state index contributed by atoms with van der Waals surface area (Å²) < 4.78 is 17.0. The lowest BCUT2D eigenvalue weighted by atomic mass is 9.96. The second-order valence-corrected chi connectivity index (χ2v) is 7.81. The lowest BCUT2D eigenvalue weighted by Gasteiger charge is -2.11. The van der Waals surface area contributed by atoms with Crippen LogP contribution < -0.4 is 4.57 Å².